The van der Waals surface area contributed by atoms with E-state index in [1.54, 1.807) is 29.2 Å². The predicted molar refractivity (Wildman–Crippen MR) is 127 cm³/mol. The first kappa shape index (κ1) is 23.7. The van der Waals surface area contributed by atoms with Crippen LogP contribution in [-0.2, 0) is 27.3 Å². The molecule has 3 heterocycles. The van der Waals surface area contributed by atoms with Gasteiger partial charge in [-0.1, -0.05) is 24.3 Å². The lowest BCUT2D eigenvalue weighted by Gasteiger charge is -2.33. The van der Waals surface area contributed by atoms with E-state index in [2.05, 4.69) is 10.2 Å². The Labute approximate surface area is 207 Å². The number of imide groups is 1. The van der Waals surface area contributed by atoms with Crippen LogP contribution in [0.25, 0.3) is 4.85 Å². The molecule has 0 aliphatic carbocycles. The second-order valence-corrected chi connectivity index (χ2v) is 9.53. The van der Waals surface area contributed by atoms with Gasteiger partial charge in [0.1, 0.15) is 11.9 Å². The van der Waals surface area contributed by atoms with Gasteiger partial charge in [-0.15, -0.1) is 0 Å². The molecule has 0 bridgehead atoms. The fourth-order valence-electron chi connectivity index (χ4n) is 5.43. The fraction of sp³-hybridized carbons (Fsp3) is 0.370. The quantitative estimate of drug-likeness (QED) is 0.529. The zero-order valence-electron chi connectivity index (χ0n) is 19.6. The average molecular weight is 489 g/mol. The van der Waals surface area contributed by atoms with Crippen molar-refractivity contribution in [3.8, 4) is 0 Å². The summed E-state index contributed by atoms with van der Waals surface area (Å²) in [6.45, 7) is 8.29. The van der Waals surface area contributed by atoms with E-state index in [-0.39, 0.29) is 49.1 Å². The van der Waals surface area contributed by atoms with E-state index in [4.69, 9.17) is 6.57 Å². The monoisotopic (exact) mass is 488 g/mol. The van der Waals surface area contributed by atoms with Crippen LogP contribution in [0.2, 0.25) is 0 Å². The van der Waals surface area contributed by atoms with Crippen LogP contribution >= 0.6 is 0 Å². The molecule has 0 aromatic heterocycles. The van der Waals surface area contributed by atoms with Gasteiger partial charge >= 0.3 is 0 Å². The minimum atomic E-state index is -0.748. The van der Waals surface area contributed by atoms with Gasteiger partial charge in [-0.25, -0.2) is 9.24 Å². The Morgan fingerprint density at radius 3 is 2.47 bits per heavy atom. The number of carbonyl (C=O) groups excluding carboxylic acids is 4. The van der Waals surface area contributed by atoms with Crippen molar-refractivity contribution in [2.75, 3.05) is 13.1 Å². The van der Waals surface area contributed by atoms with Gasteiger partial charge in [0.2, 0.25) is 17.7 Å². The summed E-state index contributed by atoms with van der Waals surface area (Å²) in [4.78, 5) is 56.4. The third kappa shape index (κ3) is 4.47. The summed E-state index contributed by atoms with van der Waals surface area (Å²) in [6, 6.07) is 8.93. The summed E-state index contributed by atoms with van der Waals surface area (Å²) in [6.07, 6.45) is 1.96. The van der Waals surface area contributed by atoms with E-state index in [0.717, 1.165) is 16.7 Å². The zero-order chi connectivity index (χ0) is 25.4. The van der Waals surface area contributed by atoms with Crippen LogP contribution in [0, 0.1) is 12.4 Å². The summed E-state index contributed by atoms with van der Waals surface area (Å²) < 4.78 is 14.6. The number of piperidine rings is 2. The minimum absolute atomic E-state index is 0.00712. The molecular formula is C27H25FN4O4. The van der Waals surface area contributed by atoms with Gasteiger partial charge in [0.25, 0.3) is 5.91 Å². The van der Waals surface area contributed by atoms with Crippen LogP contribution in [0.15, 0.2) is 36.4 Å². The van der Waals surface area contributed by atoms with Crippen LogP contribution < -0.4 is 5.32 Å². The molecule has 3 aliphatic heterocycles. The fourth-order valence-corrected chi connectivity index (χ4v) is 5.43. The van der Waals surface area contributed by atoms with E-state index in [9.17, 15) is 23.6 Å². The Morgan fingerprint density at radius 2 is 1.81 bits per heavy atom. The second-order valence-electron chi connectivity index (χ2n) is 9.53. The lowest BCUT2D eigenvalue weighted by atomic mass is 9.85. The number of nitrogens with one attached hydrogen (secondary N) is 1. The molecule has 36 heavy (non-hydrogen) atoms. The molecule has 9 heteroatoms. The van der Waals surface area contributed by atoms with Crippen molar-refractivity contribution in [2.45, 2.75) is 50.6 Å². The van der Waals surface area contributed by atoms with Crippen LogP contribution in [0.4, 0.5) is 10.1 Å². The molecule has 4 amide bonds. The van der Waals surface area contributed by atoms with E-state index in [1.807, 2.05) is 0 Å². The number of fused-ring (bicyclic) bond motifs is 1. The van der Waals surface area contributed by atoms with Gasteiger partial charge in [0, 0.05) is 31.6 Å². The number of hydrogen-bond donors (Lipinski definition) is 1. The molecular weight excluding hydrogens is 463 g/mol. The normalized spacial score (nSPS) is 20.2. The highest BCUT2D eigenvalue weighted by atomic mass is 19.1. The predicted octanol–water partition coefficient (Wildman–Crippen LogP) is 3.09. The maximum absolute atomic E-state index is 14.6. The van der Waals surface area contributed by atoms with Gasteiger partial charge in [-0.2, -0.15) is 0 Å². The molecule has 1 atom stereocenters. The molecule has 2 aromatic carbocycles. The van der Waals surface area contributed by atoms with Gasteiger partial charge in [0.05, 0.1) is 13.0 Å². The van der Waals surface area contributed by atoms with Crippen LogP contribution in [0.1, 0.15) is 58.6 Å². The molecule has 0 saturated carbocycles. The van der Waals surface area contributed by atoms with Crippen LogP contribution in [0.5, 0.6) is 0 Å². The summed E-state index contributed by atoms with van der Waals surface area (Å²) in [5.74, 6) is -1.74. The maximum atomic E-state index is 14.6. The number of halogens is 1. The van der Waals surface area contributed by atoms with Crippen LogP contribution in [0.3, 0.4) is 0 Å². The number of amides is 4. The summed E-state index contributed by atoms with van der Waals surface area (Å²) in [5, 5.41) is 2.29. The molecule has 184 valence electrons. The molecule has 2 fully saturated rings. The smallest absolute Gasteiger partial charge is 0.255 e. The molecule has 2 aromatic rings. The van der Waals surface area contributed by atoms with E-state index >= 15 is 0 Å². The van der Waals surface area contributed by atoms with Crippen molar-refractivity contribution in [1.82, 2.24) is 15.1 Å². The van der Waals surface area contributed by atoms with E-state index < -0.39 is 23.7 Å². The Morgan fingerprint density at radius 1 is 1.08 bits per heavy atom. The molecule has 1 unspecified atom stereocenters. The number of likely N-dealkylation sites (tertiary alicyclic amines) is 1. The van der Waals surface area contributed by atoms with Crippen molar-refractivity contribution < 1.29 is 23.6 Å². The van der Waals surface area contributed by atoms with Gasteiger partial charge in [-0.3, -0.25) is 24.5 Å². The molecule has 0 radical (unpaired) electrons. The Bertz CT molecular complexity index is 1290. The average Bonchev–Trinajstić information content (AvgIpc) is 3.20. The third-order valence-electron chi connectivity index (χ3n) is 7.36. The van der Waals surface area contributed by atoms with Gasteiger partial charge < -0.3 is 9.80 Å². The Balaban J connectivity index is 1.27. The number of benzene rings is 2. The second kappa shape index (κ2) is 9.53. The first-order chi connectivity index (χ1) is 17.3. The van der Waals surface area contributed by atoms with Crippen molar-refractivity contribution in [1.29, 1.82) is 0 Å². The number of hydrogen-bond acceptors (Lipinski definition) is 4. The van der Waals surface area contributed by atoms with E-state index in [0.29, 0.717) is 31.6 Å². The van der Waals surface area contributed by atoms with Gasteiger partial charge in [0.15, 0.2) is 5.69 Å². The third-order valence-corrected chi connectivity index (χ3v) is 7.36. The van der Waals surface area contributed by atoms with Crippen molar-refractivity contribution >= 4 is 29.3 Å². The van der Waals surface area contributed by atoms with E-state index in [1.165, 1.54) is 17.0 Å². The highest BCUT2D eigenvalue weighted by Gasteiger charge is 2.41. The highest BCUT2D eigenvalue weighted by Crippen LogP contribution is 2.37. The van der Waals surface area contributed by atoms with Crippen molar-refractivity contribution in [3.05, 3.63) is 75.9 Å². The number of carbonyl (C=O) groups is 4. The summed E-state index contributed by atoms with van der Waals surface area (Å²) in [7, 11) is 0. The lowest BCUT2D eigenvalue weighted by molar-refractivity contribution is -0.137. The highest BCUT2D eigenvalue weighted by molar-refractivity contribution is 6.05. The first-order valence-electron chi connectivity index (χ1n) is 12.0. The Kier molecular flexibility index (Phi) is 6.27. The number of nitrogens with zero attached hydrogens (tertiary/aromatic N) is 3. The molecule has 1 N–H and O–H groups in total. The molecule has 5 rings (SSSR count). The number of rotatable bonds is 4. The first-order valence-corrected chi connectivity index (χ1v) is 12.0. The van der Waals surface area contributed by atoms with Crippen molar-refractivity contribution in [3.63, 3.8) is 0 Å². The molecule has 8 nitrogen and oxygen atoms in total. The Hall–Kier alpha value is -4.06. The van der Waals surface area contributed by atoms with Gasteiger partial charge in [-0.05, 0) is 54.0 Å². The minimum Gasteiger partial charge on any atom is -0.342 e. The largest absolute Gasteiger partial charge is 0.342 e. The molecule has 3 aliphatic rings. The molecule has 0 spiro atoms. The zero-order valence-corrected chi connectivity index (χ0v) is 19.6. The SMILES string of the molecule is [C-]#[N+]c1ccc(CC(=O)N2CCC(c3cc(F)cc4c3CN(C3CCC(=O)NC3=O)C4=O)CC2)cc1. The summed E-state index contributed by atoms with van der Waals surface area (Å²) in [5.41, 5.74) is 3.15. The standard InChI is InChI=1S/C27H25FN4O4/c1-29-19-4-2-16(3-5-19)12-25(34)31-10-8-17(9-11-31)20-13-18(28)14-21-22(20)15-32(27(21)36)23-6-7-24(33)30-26(23)35/h2-5,13-14,17,23H,6-12,15H2,(H,30,33,35). The maximum Gasteiger partial charge on any atom is 0.255 e. The van der Waals surface area contributed by atoms with Crippen molar-refractivity contribution in [2.24, 2.45) is 0 Å². The van der Waals surface area contributed by atoms with Crippen LogP contribution in [-0.4, -0.2) is 52.6 Å². The molecule has 2 saturated heterocycles. The summed E-state index contributed by atoms with van der Waals surface area (Å²) >= 11 is 0. The topological polar surface area (TPSA) is 91.2 Å². The lowest BCUT2D eigenvalue weighted by Crippen LogP contribution is -2.52.